The standard InChI is InChI=1S/C13H12N4O/c1-16-9-14-5-11(16)7-17-6-10(8-18)12-3-2-4-15-13(12)17/h2-6,8-9H,7H2,1H3. The molecule has 0 aliphatic heterocycles. The molecule has 0 atom stereocenters. The van der Waals surface area contributed by atoms with Crippen LogP contribution >= 0.6 is 0 Å². The minimum atomic E-state index is 0.651. The van der Waals surface area contributed by atoms with Crippen molar-refractivity contribution in [3.63, 3.8) is 0 Å². The van der Waals surface area contributed by atoms with Gasteiger partial charge in [-0.15, -0.1) is 0 Å². The van der Waals surface area contributed by atoms with Gasteiger partial charge in [-0.2, -0.15) is 0 Å². The zero-order valence-electron chi connectivity index (χ0n) is 9.95. The van der Waals surface area contributed by atoms with E-state index in [0.29, 0.717) is 12.1 Å². The molecular weight excluding hydrogens is 228 g/mol. The number of carbonyl (C=O) groups excluding carboxylic acids is 1. The number of hydrogen-bond acceptors (Lipinski definition) is 3. The van der Waals surface area contributed by atoms with Crippen LogP contribution in [0.2, 0.25) is 0 Å². The Hall–Kier alpha value is -2.43. The Morgan fingerprint density at radius 2 is 2.33 bits per heavy atom. The third-order valence-electron chi connectivity index (χ3n) is 3.04. The van der Waals surface area contributed by atoms with E-state index in [0.717, 1.165) is 23.0 Å². The molecule has 0 spiro atoms. The van der Waals surface area contributed by atoms with Crippen LogP contribution in [0.25, 0.3) is 11.0 Å². The maximum atomic E-state index is 11.0. The van der Waals surface area contributed by atoms with Crippen LogP contribution in [-0.2, 0) is 13.6 Å². The van der Waals surface area contributed by atoms with Crippen LogP contribution in [0.3, 0.4) is 0 Å². The van der Waals surface area contributed by atoms with Crippen LogP contribution in [0.1, 0.15) is 16.1 Å². The molecule has 0 unspecified atom stereocenters. The van der Waals surface area contributed by atoms with Gasteiger partial charge in [0.1, 0.15) is 5.65 Å². The number of carbonyl (C=O) groups is 1. The predicted octanol–water partition coefficient (Wildman–Crippen LogP) is 1.63. The summed E-state index contributed by atoms with van der Waals surface area (Å²) in [5.41, 5.74) is 2.55. The molecule has 3 rings (SSSR count). The van der Waals surface area contributed by atoms with Gasteiger partial charge >= 0.3 is 0 Å². The molecule has 18 heavy (non-hydrogen) atoms. The van der Waals surface area contributed by atoms with Gasteiger partial charge < -0.3 is 9.13 Å². The van der Waals surface area contributed by atoms with Crippen LogP contribution in [0.5, 0.6) is 0 Å². The zero-order valence-corrected chi connectivity index (χ0v) is 9.95. The van der Waals surface area contributed by atoms with Crippen LogP contribution in [0.4, 0.5) is 0 Å². The van der Waals surface area contributed by atoms with E-state index in [2.05, 4.69) is 9.97 Å². The fraction of sp³-hybridized carbons (Fsp3) is 0.154. The second kappa shape index (κ2) is 4.10. The smallest absolute Gasteiger partial charge is 0.152 e. The van der Waals surface area contributed by atoms with Crippen molar-refractivity contribution in [2.75, 3.05) is 0 Å². The largest absolute Gasteiger partial charge is 0.336 e. The Bertz CT molecular complexity index is 711. The van der Waals surface area contributed by atoms with E-state index in [1.54, 1.807) is 12.5 Å². The first-order valence-electron chi connectivity index (χ1n) is 5.64. The molecule has 5 nitrogen and oxygen atoms in total. The van der Waals surface area contributed by atoms with E-state index in [9.17, 15) is 4.79 Å². The van der Waals surface area contributed by atoms with Gasteiger partial charge in [0.05, 0.1) is 18.6 Å². The third kappa shape index (κ3) is 1.60. The summed E-state index contributed by atoms with van der Waals surface area (Å²) in [6.07, 6.45) is 8.00. The summed E-state index contributed by atoms with van der Waals surface area (Å²) in [6, 6.07) is 3.75. The lowest BCUT2D eigenvalue weighted by atomic mass is 10.2. The Kier molecular flexibility index (Phi) is 2.44. The summed E-state index contributed by atoms with van der Waals surface area (Å²) in [6.45, 7) is 0.651. The van der Waals surface area contributed by atoms with Crippen molar-refractivity contribution >= 4 is 17.3 Å². The number of pyridine rings is 1. The van der Waals surface area contributed by atoms with Crippen molar-refractivity contribution < 1.29 is 4.79 Å². The Balaban J connectivity index is 2.12. The molecule has 90 valence electrons. The molecule has 3 aromatic rings. The molecule has 0 fully saturated rings. The molecule has 5 heteroatoms. The van der Waals surface area contributed by atoms with E-state index in [-0.39, 0.29) is 0 Å². The first-order chi connectivity index (χ1) is 8.79. The van der Waals surface area contributed by atoms with Crippen molar-refractivity contribution in [3.05, 3.63) is 48.3 Å². The summed E-state index contributed by atoms with van der Waals surface area (Å²) < 4.78 is 3.92. The van der Waals surface area contributed by atoms with Gasteiger partial charge in [0.25, 0.3) is 0 Å². The van der Waals surface area contributed by atoms with Crippen molar-refractivity contribution in [2.45, 2.75) is 6.54 Å². The van der Waals surface area contributed by atoms with E-state index < -0.39 is 0 Å². The average molecular weight is 240 g/mol. The molecule has 3 aromatic heterocycles. The van der Waals surface area contributed by atoms with Crippen molar-refractivity contribution in [2.24, 2.45) is 7.05 Å². The van der Waals surface area contributed by atoms with Crippen LogP contribution in [0, 0.1) is 0 Å². The lowest BCUT2D eigenvalue weighted by Gasteiger charge is -2.04. The molecule has 0 bridgehead atoms. The van der Waals surface area contributed by atoms with Crippen LogP contribution in [-0.4, -0.2) is 25.4 Å². The van der Waals surface area contributed by atoms with Crippen molar-refractivity contribution in [1.29, 1.82) is 0 Å². The van der Waals surface area contributed by atoms with Gasteiger partial charge in [0.15, 0.2) is 6.29 Å². The monoisotopic (exact) mass is 240 g/mol. The SMILES string of the molecule is Cn1cncc1Cn1cc(C=O)c2cccnc21. The summed E-state index contributed by atoms with van der Waals surface area (Å²) in [4.78, 5) is 19.5. The predicted molar refractivity (Wildman–Crippen MR) is 67.4 cm³/mol. The fourth-order valence-electron chi connectivity index (χ4n) is 2.08. The summed E-state index contributed by atoms with van der Waals surface area (Å²) in [5.74, 6) is 0. The Labute approximate surface area is 104 Å². The number of hydrogen-bond donors (Lipinski definition) is 0. The topological polar surface area (TPSA) is 52.7 Å². The number of nitrogens with zero attached hydrogens (tertiary/aromatic N) is 4. The molecule has 0 amide bonds. The lowest BCUT2D eigenvalue weighted by Crippen LogP contribution is -2.03. The summed E-state index contributed by atoms with van der Waals surface area (Å²) in [5, 5.41) is 0.884. The molecule has 0 aromatic carbocycles. The molecule has 0 saturated heterocycles. The highest BCUT2D eigenvalue weighted by Crippen LogP contribution is 2.18. The van der Waals surface area contributed by atoms with Crippen molar-refractivity contribution in [1.82, 2.24) is 19.1 Å². The molecule has 0 N–H and O–H groups in total. The summed E-state index contributed by atoms with van der Waals surface area (Å²) >= 11 is 0. The highest BCUT2D eigenvalue weighted by Gasteiger charge is 2.09. The van der Waals surface area contributed by atoms with Gasteiger partial charge in [0.2, 0.25) is 0 Å². The average Bonchev–Trinajstić information content (AvgIpc) is 2.95. The quantitative estimate of drug-likeness (QED) is 0.654. The van der Waals surface area contributed by atoms with E-state index in [1.165, 1.54) is 0 Å². The maximum absolute atomic E-state index is 11.0. The van der Waals surface area contributed by atoms with E-state index in [1.807, 2.05) is 40.7 Å². The molecule has 0 aliphatic rings. The minimum Gasteiger partial charge on any atom is -0.336 e. The van der Waals surface area contributed by atoms with E-state index in [4.69, 9.17) is 0 Å². The van der Waals surface area contributed by atoms with Gasteiger partial charge in [-0.25, -0.2) is 9.97 Å². The minimum absolute atomic E-state index is 0.651. The second-order valence-electron chi connectivity index (χ2n) is 4.20. The van der Waals surface area contributed by atoms with Crippen LogP contribution < -0.4 is 0 Å². The number of fused-ring (bicyclic) bond motifs is 1. The lowest BCUT2D eigenvalue weighted by molar-refractivity contribution is 0.112. The van der Waals surface area contributed by atoms with Crippen LogP contribution in [0.15, 0.2) is 37.1 Å². The molecule has 0 aliphatic carbocycles. The number of imidazole rings is 1. The fourth-order valence-corrected chi connectivity index (χ4v) is 2.08. The Morgan fingerprint density at radius 3 is 3.06 bits per heavy atom. The molecule has 0 saturated carbocycles. The zero-order chi connectivity index (χ0) is 12.5. The third-order valence-corrected chi connectivity index (χ3v) is 3.04. The highest BCUT2D eigenvalue weighted by molar-refractivity contribution is 5.95. The van der Waals surface area contributed by atoms with Gasteiger partial charge in [-0.3, -0.25) is 4.79 Å². The number of aryl methyl sites for hydroxylation is 1. The second-order valence-corrected chi connectivity index (χ2v) is 4.20. The first-order valence-corrected chi connectivity index (χ1v) is 5.64. The van der Waals surface area contributed by atoms with Gasteiger partial charge in [-0.05, 0) is 12.1 Å². The van der Waals surface area contributed by atoms with Gasteiger partial charge in [-0.1, -0.05) is 0 Å². The Morgan fingerprint density at radius 1 is 1.44 bits per heavy atom. The van der Waals surface area contributed by atoms with Gasteiger partial charge in [0, 0.05) is 36.6 Å². The van der Waals surface area contributed by atoms with Crippen molar-refractivity contribution in [3.8, 4) is 0 Å². The normalized spacial score (nSPS) is 10.9. The first kappa shape index (κ1) is 10.7. The molecular formula is C13H12N4O. The highest BCUT2D eigenvalue weighted by atomic mass is 16.1. The number of aldehydes is 1. The summed E-state index contributed by atoms with van der Waals surface area (Å²) in [7, 11) is 1.95. The van der Waals surface area contributed by atoms with E-state index >= 15 is 0 Å². The molecule has 3 heterocycles. The number of rotatable bonds is 3. The number of aromatic nitrogens is 4. The maximum Gasteiger partial charge on any atom is 0.152 e. The molecule has 0 radical (unpaired) electrons.